The van der Waals surface area contributed by atoms with Crippen molar-refractivity contribution in [1.82, 2.24) is 0 Å². The molecule has 2 rings (SSSR count). The van der Waals surface area contributed by atoms with E-state index in [2.05, 4.69) is 22.6 Å². The van der Waals surface area contributed by atoms with Crippen molar-refractivity contribution in [2.45, 2.75) is 6.92 Å². The smallest absolute Gasteiger partial charge is 0.124 e. The first-order chi connectivity index (χ1) is 9.72. The molecule has 20 heavy (non-hydrogen) atoms. The molecule has 0 amide bonds. The molecule has 0 bridgehead atoms. The van der Waals surface area contributed by atoms with Gasteiger partial charge < -0.3 is 0 Å². The summed E-state index contributed by atoms with van der Waals surface area (Å²) in [5.41, 5.74) is 10.9. The van der Waals surface area contributed by atoms with Gasteiger partial charge in [-0.05, 0) is 29.8 Å². The van der Waals surface area contributed by atoms with Crippen molar-refractivity contribution < 1.29 is 0 Å². The minimum Gasteiger partial charge on any atom is -0.124 e. The van der Waals surface area contributed by atoms with Gasteiger partial charge in [0.2, 0.25) is 0 Å². The molecule has 2 aromatic carbocycles. The predicted molar refractivity (Wildman–Crippen MR) is 87.6 cm³/mol. The van der Waals surface area contributed by atoms with E-state index in [-0.39, 0.29) is 0 Å². The first-order valence-electron chi connectivity index (χ1n) is 6.32. The molecule has 0 nitrogen and oxygen atoms in total. The lowest BCUT2D eigenvalue weighted by atomic mass is 10.2. The summed E-state index contributed by atoms with van der Waals surface area (Å²) < 4.78 is 0. The SMILES string of the molecule is C#C[Si](C#C)(C#Cc1ccccc1)c1ccccc1C. The summed E-state index contributed by atoms with van der Waals surface area (Å²) >= 11 is 0. The van der Waals surface area contributed by atoms with E-state index < -0.39 is 8.07 Å². The van der Waals surface area contributed by atoms with Crippen LogP contribution in [0.15, 0.2) is 54.6 Å². The van der Waals surface area contributed by atoms with E-state index in [9.17, 15) is 0 Å². The standard InChI is InChI=1S/C19H14Si/c1-4-20(5-2,19-14-10-9-11-17(19)3)16-15-18-12-7-6-8-13-18/h1-2,6-14H,3H3. The summed E-state index contributed by atoms with van der Waals surface area (Å²) in [5, 5.41) is 1.04. The number of benzene rings is 2. The minimum absolute atomic E-state index is 0.934. The highest BCUT2D eigenvalue weighted by Crippen LogP contribution is 2.06. The van der Waals surface area contributed by atoms with Gasteiger partial charge in [-0.2, -0.15) is 0 Å². The molecule has 0 aromatic heterocycles. The normalized spacial score (nSPS) is 9.75. The Morgan fingerprint density at radius 3 is 2.05 bits per heavy atom. The van der Waals surface area contributed by atoms with Crippen LogP contribution in [0.5, 0.6) is 0 Å². The molecule has 2 aromatic rings. The molecule has 0 aliphatic heterocycles. The Labute approximate surface area is 121 Å². The predicted octanol–water partition coefficient (Wildman–Crippen LogP) is 2.59. The first-order valence-corrected chi connectivity index (χ1v) is 8.32. The van der Waals surface area contributed by atoms with Gasteiger partial charge in [0.1, 0.15) is 0 Å². The van der Waals surface area contributed by atoms with Crippen LogP contribution in [-0.2, 0) is 0 Å². The van der Waals surface area contributed by atoms with Gasteiger partial charge in [0.25, 0.3) is 0 Å². The molecule has 0 aliphatic rings. The van der Waals surface area contributed by atoms with Gasteiger partial charge in [-0.1, -0.05) is 65.0 Å². The highest BCUT2D eigenvalue weighted by molar-refractivity contribution is 7.10. The molecule has 0 heterocycles. The second kappa shape index (κ2) is 5.99. The maximum atomic E-state index is 5.75. The summed E-state index contributed by atoms with van der Waals surface area (Å²) in [4.78, 5) is 0. The van der Waals surface area contributed by atoms with Crippen LogP contribution in [0.3, 0.4) is 0 Å². The van der Waals surface area contributed by atoms with E-state index in [1.807, 2.05) is 61.5 Å². The van der Waals surface area contributed by atoms with Crippen molar-refractivity contribution in [3.63, 3.8) is 0 Å². The average Bonchev–Trinajstić information content (AvgIpc) is 2.51. The molecule has 0 atom stereocenters. The van der Waals surface area contributed by atoms with Crippen molar-refractivity contribution in [1.29, 1.82) is 0 Å². The van der Waals surface area contributed by atoms with E-state index in [1.54, 1.807) is 0 Å². The number of hydrogen-bond acceptors (Lipinski definition) is 0. The molecule has 0 fully saturated rings. The number of rotatable bonds is 1. The van der Waals surface area contributed by atoms with Gasteiger partial charge >= 0.3 is 8.07 Å². The Morgan fingerprint density at radius 2 is 1.45 bits per heavy atom. The highest BCUT2D eigenvalue weighted by atomic mass is 28.3. The van der Waals surface area contributed by atoms with Crippen LogP contribution in [0, 0.1) is 42.3 Å². The van der Waals surface area contributed by atoms with E-state index in [4.69, 9.17) is 12.8 Å². The summed E-state index contributed by atoms with van der Waals surface area (Å²) in [6.07, 6.45) is 11.5. The zero-order chi connectivity index (χ0) is 14.4. The van der Waals surface area contributed by atoms with Crippen molar-refractivity contribution in [3.05, 3.63) is 65.7 Å². The fraction of sp³-hybridized carbons (Fsp3) is 0.0526. The molecule has 0 spiro atoms. The molecule has 0 unspecified atom stereocenters. The van der Waals surface area contributed by atoms with Crippen LogP contribution in [0.2, 0.25) is 0 Å². The zero-order valence-electron chi connectivity index (χ0n) is 11.4. The summed E-state index contributed by atoms with van der Waals surface area (Å²) in [5.74, 6) is 3.14. The summed E-state index contributed by atoms with van der Waals surface area (Å²) in [6, 6.07) is 17.7. The molecule has 94 valence electrons. The minimum atomic E-state index is -2.65. The lowest BCUT2D eigenvalue weighted by Crippen LogP contribution is -2.46. The maximum absolute atomic E-state index is 5.75. The third kappa shape index (κ3) is 2.67. The van der Waals surface area contributed by atoms with Crippen LogP contribution >= 0.6 is 0 Å². The van der Waals surface area contributed by atoms with Crippen molar-refractivity contribution in [2.75, 3.05) is 0 Å². The Morgan fingerprint density at radius 1 is 0.850 bits per heavy atom. The molecular weight excluding hydrogens is 256 g/mol. The third-order valence-electron chi connectivity index (χ3n) is 3.15. The van der Waals surface area contributed by atoms with Gasteiger partial charge in [-0.15, -0.1) is 12.8 Å². The van der Waals surface area contributed by atoms with Crippen molar-refractivity contribution >= 4 is 13.3 Å². The average molecular weight is 270 g/mol. The molecule has 0 aliphatic carbocycles. The largest absolute Gasteiger partial charge is 0.321 e. The van der Waals surface area contributed by atoms with Gasteiger partial charge in [-0.25, -0.2) is 0 Å². The van der Waals surface area contributed by atoms with Crippen molar-refractivity contribution in [3.8, 4) is 35.4 Å². The monoisotopic (exact) mass is 270 g/mol. The highest BCUT2D eigenvalue weighted by Gasteiger charge is 2.31. The fourth-order valence-electron chi connectivity index (χ4n) is 2.02. The second-order valence-electron chi connectivity index (χ2n) is 4.47. The molecule has 0 saturated heterocycles. The van der Waals surface area contributed by atoms with Crippen LogP contribution in [0.25, 0.3) is 0 Å². The summed E-state index contributed by atoms with van der Waals surface area (Å²) in [7, 11) is -2.65. The maximum Gasteiger partial charge on any atom is 0.321 e. The molecule has 1 heteroatoms. The van der Waals surface area contributed by atoms with Gasteiger partial charge in [0.05, 0.1) is 0 Å². The molecule has 0 N–H and O–H groups in total. The zero-order valence-corrected chi connectivity index (χ0v) is 12.4. The quantitative estimate of drug-likeness (QED) is 0.552. The van der Waals surface area contributed by atoms with Crippen LogP contribution in [-0.4, -0.2) is 8.07 Å². The van der Waals surface area contributed by atoms with E-state index >= 15 is 0 Å². The molecular formula is C19H14Si. The van der Waals surface area contributed by atoms with Crippen LogP contribution < -0.4 is 5.19 Å². The molecule has 0 saturated carbocycles. The van der Waals surface area contributed by atoms with E-state index in [0.29, 0.717) is 0 Å². The Bertz CT molecular complexity index is 732. The van der Waals surface area contributed by atoms with Crippen LogP contribution in [0.4, 0.5) is 0 Å². The van der Waals surface area contributed by atoms with Gasteiger partial charge in [0.15, 0.2) is 0 Å². The van der Waals surface area contributed by atoms with E-state index in [1.165, 1.54) is 0 Å². The van der Waals surface area contributed by atoms with Gasteiger partial charge in [0, 0.05) is 5.56 Å². The van der Waals surface area contributed by atoms with Gasteiger partial charge in [-0.3, -0.25) is 0 Å². The Kier molecular flexibility index (Phi) is 4.12. The lowest BCUT2D eigenvalue weighted by molar-refractivity contribution is 1.51. The van der Waals surface area contributed by atoms with Crippen molar-refractivity contribution in [2.24, 2.45) is 0 Å². The number of hydrogen-bond donors (Lipinski definition) is 0. The second-order valence-corrected chi connectivity index (χ2v) is 7.34. The Hall–Kier alpha value is -2.66. The number of terminal acetylenes is 2. The lowest BCUT2D eigenvalue weighted by Gasteiger charge is -2.15. The first kappa shape index (κ1) is 13.8. The van der Waals surface area contributed by atoms with E-state index in [0.717, 1.165) is 16.3 Å². The van der Waals surface area contributed by atoms with Crippen LogP contribution in [0.1, 0.15) is 11.1 Å². The summed E-state index contributed by atoms with van der Waals surface area (Å²) in [6.45, 7) is 2.02. The fourth-order valence-corrected chi connectivity index (χ4v) is 4.04. The topological polar surface area (TPSA) is 0 Å². The Balaban J connectivity index is 2.54. The molecule has 0 radical (unpaired) electrons. The third-order valence-corrected chi connectivity index (χ3v) is 5.89. The number of aryl methyl sites for hydroxylation is 1.